The van der Waals surface area contributed by atoms with E-state index in [9.17, 15) is 15.2 Å². The zero-order valence-electron chi connectivity index (χ0n) is 11.5. The van der Waals surface area contributed by atoms with Gasteiger partial charge in [0.05, 0.1) is 16.0 Å². The summed E-state index contributed by atoms with van der Waals surface area (Å²) in [7, 11) is 0. The highest BCUT2D eigenvalue weighted by Gasteiger charge is 2.13. The average Bonchev–Trinajstić information content (AvgIpc) is 2.34. The van der Waals surface area contributed by atoms with Crippen molar-refractivity contribution < 1.29 is 14.8 Å². The first-order valence-electron chi connectivity index (χ1n) is 5.97. The van der Waals surface area contributed by atoms with E-state index in [4.69, 9.17) is 4.74 Å². The summed E-state index contributed by atoms with van der Waals surface area (Å²) in [5.74, 6) is 6.23. The van der Waals surface area contributed by atoms with E-state index in [0.29, 0.717) is 10.2 Å². The Labute approximate surface area is 126 Å². The summed E-state index contributed by atoms with van der Waals surface area (Å²) in [6, 6.07) is 4.16. The molecule has 1 N–H and O–H groups in total. The fourth-order valence-corrected chi connectivity index (χ4v) is 1.72. The largest absolute Gasteiger partial charge is 0.474 e. The maximum Gasteiger partial charge on any atom is 0.270 e. The van der Waals surface area contributed by atoms with E-state index in [1.54, 1.807) is 0 Å². The Kier molecular flexibility index (Phi) is 5.54. The van der Waals surface area contributed by atoms with Gasteiger partial charge in [-0.2, -0.15) is 0 Å². The highest BCUT2D eigenvalue weighted by atomic mass is 79.9. The van der Waals surface area contributed by atoms with Crippen molar-refractivity contribution in [2.45, 2.75) is 26.9 Å². The molecule has 0 spiro atoms. The Bertz CT molecular complexity index is 555. The first-order valence-corrected chi connectivity index (χ1v) is 6.76. The van der Waals surface area contributed by atoms with Crippen LogP contribution in [0.15, 0.2) is 22.7 Å². The summed E-state index contributed by atoms with van der Waals surface area (Å²) in [5.41, 5.74) is -0.228. The van der Waals surface area contributed by atoms with E-state index < -0.39 is 11.0 Å². The van der Waals surface area contributed by atoms with E-state index in [2.05, 4.69) is 27.8 Å². The van der Waals surface area contributed by atoms with Crippen molar-refractivity contribution in [3.63, 3.8) is 0 Å². The van der Waals surface area contributed by atoms with Crippen LogP contribution >= 0.6 is 15.9 Å². The first kappa shape index (κ1) is 16.5. The molecule has 0 aromatic heterocycles. The lowest BCUT2D eigenvalue weighted by Crippen LogP contribution is -2.20. The molecule has 0 saturated carbocycles. The van der Waals surface area contributed by atoms with Crippen molar-refractivity contribution in [3.8, 4) is 17.6 Å². The molecule has 0 heterocycles. The highest BCUT2D eigenvalue weighted by molar-refractivity contribution is 9.10. The van der Waals surface area contributed by atoms with Crippen molar-refractivity contribution in [2.75, 3.05) is 6.61 Å². The van der Waals surface area contributed by atoms with Crippen LogP contribution in [0, 0.1) is 27.4 Å². The summed E-state index contributed by atoms with van der Waals surface area (Å²) in [6.07, 6.45) is -0.674. The van der Waals surface area contributed by atoms with Crippen LogP contribution in [0.1, 0.15) is 20.8 Å². The summed E-state index contributed by atoms with van der Waals surface area (Å²) < 4.78 is 5.98. The van der Waals surface area contributed by atoms with Gasteiger partial charge in [0.2, 0.25) is 0 Å². The SMILES string of the molecule is CC(C)(C)C#CC(CO)Oc1ccc([N+](=O)[O-])cc1Br. The number of aliphatic hydroxyl groups is 1. The Balaban J connectivity index is 2.90. The van der Waals surface area contributed by atoms with Crippen LogP contribution in [0.4, 0.5) is 5.69 Å². The molecule has 1 unspecified atom stereocenters. The predicted octanol–water partition coefficient (Wildman–Crippen LogP) is 3.15. The van der Waals surface area contributed by atoms with Gasteiger partial charge in [-0.25, -0.2) is 0 Å². The summed E-state index contributed by atoms with van der Waals surface area (Å²) in [4.78, 5) is 10.1. The number of aliphatic hydroxyl groups excluding tert-OH is 1. The van der Waals surface area contributed by atoms with Crippen molar-refractivity contribution >= 4 is 21.6 Å². The van der Waals surface area contributed by atoms with E-state index >= 15 is 0 Å². The number of nitro benzene ring substituents is 1. The number of hydrogen-bond donors (Lipinski definition) is 1. The molecule has 0 amide bonds. The van der Waals surface area contributed by atoms with Crippen LogP contribution in [-0.2, 0) is 0 Å². The number of nitro groups is 1. The Morgan fingerprint density at radius 1 is 1.50 bits per heavy atom. The monoisotopic (exact) mass is 341 g/mol. The number of halogens is 1. The maximum absolute atomic E-state index is 10.6. The molecule has 1 rings (SSSR count). The molecule has 108 valence electrons. The fraction of sp³-hybridized carbons (Fsp3) is 0.429. The molecule has 1 aromatic carbocycles. The lowest BCUT2D eigenvalue weighted by molar-refractivity contribution is -0.385. The normalized spacial score (nSPS) is 12.2. The lowest BCUT2D eigenvalue weighted by atomic mass is 9.98. The summed E-state index contributed by atoms with van der Waals surface area (Å²) >= 11 is 3.20. The van der Waals surface area contributed by atoms with E-state index in [1.807, 2.05) is 20.8 Å². The quantitative estimate of drug-likeness (QED) is 0.518. The van der Waals surface area contributed by atoms with Crippen LogP contribution in [0.5, 0.6) is 5.75 Å². The summed E-state index contributed by atoms with van der Waals surface area (Å²) in [5, 5.41) is 19.9. The van der Waals surface area contributed by atoms with E-state index in [1.165, 1.54) is 18.2 Å². The molecule has 6 heteroatoms. The second kappa shape index (κ2) is 6.73. The molecule has 0 fully saturated rings. The van der Waals surface area contributed by atoms with Crippen LogP contribution in [0.2, 0.25) is 0 Å². The van der Waals surface area contributed by atoms with E-state index in [0.717, 1.165) is 0 Å². The van der Waals surface area contributed by atoms with Crippen molar-refractivity contribution in [1.29, 1.82) is 0 Å². The molecular formula is C14H16BrNO4. The first-order chi connectivity index (χ1) is 9.23. The fourth-order valence-electron chi connectivity index (χ4n) is 1.26. The average molecular weight is 342 g/mol. The highest BCUT2D eigenvalue weighted by Crippen LogP contribution is 2.29. The molecule has 1 atom stereocenters. The Hall–Kier alpha value is -1.58. The number of non-ortho nitro benzene ring substituents is 1. The van der Waals surface area contributed by atoms with Crippen LogP contribution in [-0.4, -0.2) is 22.7 Å². The van der Waals surface area contributed by atoms with E-state index in [-0.39, 0.29) is 17.7 Å². The Morgan fingerprint density at radius 3 is 2.60 bits per heavy atom. The number of rotatable bonds is 4. The number of benzene rings is 1. The zero-order chi connectivity index (χ0) is 15.3. The third-order valence-corrected chi connectivity index (χ3v) is 2.79. The van der Waals surface area contributed by atoms with Gasteiger partial charge >= 0.3 is 0 Å². The molecule has 0 radical (unpaired) electrons. The van der Waals surface area contributed by atoms with Crippen molar-refractivity contribution in [1.82, 2.24) is 0 Å². The second-order valence-corrected chi connectivity index (χ2v) is 6.03. The molecule has 5 nitrogen and oxygen atoms in total. The van der Waals surface area contributed by atoms with Gasteiger partial charge in [0.1, 0.15) is 5.75 Å². The number of ether oxygens (including phenoxy) is 1. The van der Waals surface area contributed by atoms with Crippen molar-refractivity contribution in [3.05, 3.63) is 32.8 Å². The molecule has 1 aromatic rings. The molecule has 0 saturated heterocycles. The molecule has 0 aliphatic heterocycles. The van der Waals surface area contributed by atoms with Gasteiger partial charge in [0.15, 0.2) is 6.10 Å². The van der Waals surface area contributed by atoms with Crippen LogP contribution in [0.25, 0.3) is 0 Å². The smallest absolute Gasteiger partial charge is 0.270 e. The maximum atomic E-state index is 10.6. The standard InChI is InChI=1S/C14H16BrNO4/c1-14(2,3)7-6-11(9-17)20-13-5-4-10(16(18)19)8-12(13)15/h4-5,8,11,17H,9H2,1-3H3. The van der Waals surface area contributed by atoms with Gasteiger partial charge in [-0.05, 0) is 42.8 Å². The molecule has 20 heavy (non-hydrogen) atoms. The van der Waals surface area contributed by atoms with Gasteiger partial charge in [0.25, 0.3) is 5.69 Å². The molecule has 0 bridgehead atoms. The van der Waals surface area contributed by atoms with Crippen molar-refractivity contribution in [2.24, 2.45) is 5.41 Å². The molecular weight excluding hydrogens is 326 g/mol. The van der Waals surface area contributed by atoms with Crippen LogP contribution < -0.4 is 4.74 Å². The minimum Gasteiger partial charge on any atom is -0.474 e. The second-order valence-electron chi connectivity index (χ2n) is 5.18. The van der Waals surface area contributed by atoms with Gasteiger partial charge in [-0.3, -0.25) is 10.1 Å². The van der Waals surface area contributed by atoms with Gasteiger partial charge in [0, 0.05) is 17.5 Å². The third kappa shape index (κ3) is 5.19. The minimum atomic E-state index is -0.674. The predicted molar refractivity (Wildman–Crippen MR) is 79.5 cm³/mol. The zero-order valence-corrected chi connectivity index (χ0v) is 13.1. The van der Waals surface area contributed by atoms with Gasteiger partial charge in [-0.1, -0.05) is 11.8 Å². The molecule has 0 aliphatic rings. The van der Waals surface area contributed by atoms with Gasteiger partial charge < -0.3 is 9.84 Å². The number of nitrogens with zero attached hydrogens (tertiary/aromatic N) is 1. The number of hydrogen-bond acceptors (Lipinski definition) is 4. The van der Waals surface area contributed by atoms with Gasteiger partial charge in [-0.15, -0.1) is 0 Å². The van der Waals surface area contributed by atoms with Crippen LogP contribution in [0.3, 0.4) is 0 Å². The lowest BCUT2D eigenvalue weighted by Gasteiger charge is -2.14. The third-order valence-electron chi connectivity index (χ3n) is 2.17. The summed E-state index contributed by atoms with van der Waals surface area (Å²) in [6.45, 7) is 5.61. The Morgan fingerprint density at radius 2 is 2.15 bits per heavy atom. The topological polar surface area (TPSA) is 72.6 Å². The molecule has 0 aliphatic carbocycles. The minimum absolute atomic E-state index is 0.0365.